The molecule has 130 valence electrons. The Hall–Kier alpha value is -3.27. The minimum absolute atomic E-state index is 0.0314. The molecule has 1 aliphatic heterocycles. The molecule has 1 aromatic carbocycles. The fourth-order valence-corrected chi connectivity index (χ4v) is 2.28. The van der Waals surface area contributed by atoms with Crippen LogP contribution in [0.2, 0.25) is 0 Å². The van der Waals surface area contributed by atoms with Crippen molar-refractivity contribution in [3.05, 3.63) is 59.2 Å². The Labute approximate surface area is 146 Å². The molecule has 0 aliphatic carbocycles. The van der Waals surface area contributed by atoms with E-state index in [2.05, 4.69) is 16.4 Å². The lowest BCUT2D eigenvalue weighted by molar-refractivity contribution is -0.117. The molecule has 7 nitrogen and oxygen atoms in total. The molecule has 2 rings (SSSR count). The third kappa shape index (κ3) is 4.18. The minimum Gasteiger partial charge on any atom is -0.481 e. The van der Waals surface area contributed by atoms with E-state index >= 15 is 0 Å². The van der Waals surface area contributed by atoms with Gasteiger partial charge >= 0.3 is 0 Å². The van der Waals surface area contributed by atoms with Gasteiger partial charge in [0.2, 0.25) is 0 Å². The van der Waals surface area contributed by atoms with Crippen LogP contribution in [0.5, 0.6) is 0 Å². The molecular formula is C18H20N4O3. The van der Waals surface area contributed by atoms with E-state index in [1.807, 2.05) is 30.3 Å². The first-order chi connectivity index (χ1) is 12.0. The average Bonchev–Trinajstić information content (AvgIpc) is 2.59. The number of nitrogens with one attached hydrogen (secondary N) is 1. The first-order valence-electron chi connectivity index (χ1n) is 7.77. The summed E-state index contributed by atoms with van der Waals surface area (Å²) < 4.78 is 5.08. The number of carbonyl (C=O) groups is 1. The molecule has 7 heteroatoms. The summed E-state index contributed by atoms with van der Waals surface area (Å²) in [5.41, 5.74) is 1.02. The molecule has 0 saturated carbocycles. The molecule has 0 spiro atoms. The largest absolute Gasteiger partial charge is 0.481 e. The molecule has 0 saturated heterocycles. The second-order valence-corrected chi connectivity index (χ2v) is 5.45. The maximum Gasteiger partial charge on any atom is 0.288 e. The van der Waals surface area contributed by atoms with E-state index in [0.717, 1.165) is 5.56 Å². The van der Waals surface area contributed by atoms with Gasteiger partial charge < -0.3 is 20.1 Å². The predicted molar refractivity (Wildman–Crippen MR) is 93.6 cm³/mol. The molecule has 0 radical (unpaired) electrons. The topological polar surface area (TPSA) is 98.0 Å². The van der Waals surface area contributed by atoms with Crippen molar-refractivity contribution >= 4 is 11.7 Å². The van der Waals surface area contributed by atoms with Crippen LogP contribution in [0.1, 0.15) is 12.5 Å². The van der Waals surface area contributed by atoms with Crippen LogP contribution in [0, 0.1) is 11.3 Å². The van der Waals surface area contributed by atoms with Crippen LogP contribution in [-0.2, 0) is 9.53 Å². The summed E-state index contributed by atoms with van der Waals surface area (Å²) in [6.45, 7) is 1.90. The van der Waals surface area contributed by atoms with E-state index in [-0.39, 0.29) is 12.2 Å². The SMILES string of the molecule is CCOC(O)=C1C(=O)NC(c2ccccc2)=N[C@@H]1/C=C(/C#N)N(C)C. The number of aliphatic hydroxyl groups excluding tert-OH is 1. The molecule has 1 aromatic rings. The van der Waals surface area contributed by atoms with E-state index < -0.39 is 17.9 Å². The number of nitriles is 1. The number of amidine groups is 1. The number of ether oxygens (including phenoxy) is 1. The number of hydrogen-bond acceptors (Lipinski definition) is 6. The second kappa shape index (κ2) is 8.02. The number of allylic oxidation sites excluding steroid dienone is 1. The van der Waals surface area contributed by atoms with Gasteiger partial charge in [0.15, 0.2) is 0 Å². The Morgan fingerprint density at radius 1 is 1.44 bits per heavy atom. The van der Waals surface area contributed by atoms with Crippen LogP contribution < -0.4 is 5.32 Å². The zero-order chi connectivity index (χ0) is 18.4. The van der Waals surface area contributed by atoms with Crippen LogP contribution in [-0.4, -0.2) is 48.5 Å². The van der Waals surface area contributed by atoms with Gasteiger partial charge in [-0.15, -0.1) is 0 Å². The van der Waals surface area contributed by atoms with Crippen molar-refractivity contribution in [1.82, 2.24) is 10.2 Å². The maximum atomic E-state index is 12.5. The summed E-state index contributed by atoms with van der Waals surface area (Å²) in [5, 5.41) is 22.0. The standard InChI is InChI=1S/C18H20N4O3/c1-4-25-18(24)15-14(10-13(11-19)22(2)3)20-16(21-17(15)23)12-8-6-5-7-9-12/h5-10,14,24H,4H2,1-3H3,(H,20,21,23)/b13-10-,18-15?/t14-/m1/s1. The third-order valence-corrected chi connectivity index (χ3v) is 3.51. The van der Waals surface area contributed by atoms with E-state index in [1.54, 1.807) is 25.9 Å². The smallest absolute Gasteiger partial charge is 0.288 e. The van der Waals surface area contributed by atoms with Gasteiger partial charge in [0.25, 0.3) is 11.9 Å². The van der Waals surface area contributed by atoms with Crippen LogP contribution >= 0.6 is 0 Å². The summed E-state index contributed by atoms with van der Waals surface area (Å²) in [6, 6.07) is 10.4. The number of carbonyl (C=O) groups excluding carboxylic acids is 1. The average molecular weight is 340 g/mol. The van der Waals surface area contributed by atoms with Crippen molar-refractivity contribution in [2.75, 3.05) is 20.7 Å². The first kappa shape index (κ1) is 18.1. The fourth-order valence-electron chi connectivity index (χ4n) is 2.28. The highest BCUT2D eigenvalue weighted by atomic mass is 16.6. The zero-order valence-corrected chi connectivity index (χ0v) is 14.4. The Balaban J connectivity index is 2.57. The minimum atomic E-state index is -0.840. The number of benzene rings is 1. The summed E-state index contributed by atoms with van der Waals surface area (Å²) >= 11 is 0. The Morgan fingerprint density at radius 2 is 2.12 bits per heavy atom. The Morgan fingerprint density at radius 3 is 2.68 bits per heavy atom. The van der Waals surface area contributed by atoms with Crippen LogP contribution in [0.4, 0.5) is 0 Å². The molecule has 25 heavy (non-hydrogen) atoms. The van der Waals surface area contributed by atoms with Crippen molar-refractivity contribution in [2.24, 2.45) is 4.99 Å². The lowest BCUT2D eigenvalue weighted by Gasteiger charge is -2.23. The Bertz CT molecular complexity index is 773. The van der Waals surface area contributed by atoms with Crippen molar-refractivity contribution in [1.29, 1.82) is 5.26 Å². The summed E-state index contributed by atoms with van der Waals surface area (Å²) in [5.74, 6) is -0.638. The van der Waals surface area contributed by atoms with Crippen molar-refractivity contribution in [3.8, 4) is 6.07 Å². The number of nitrogens with zero attached hydrogens (tertiary/aromatic N) is 3. The molecule has 1 heterocycles. The lowest BCUT2D eigenvalue weighted by atomic mass is 10.0. The highest BCUT2D eigenvalue weighted by molar-refractivity contribution is 6.15. The normalized spacial score (nSPS) is 19.4. The van der Waals surface area contributed by atoms with Crippen LogP contribution in [0.15, 0.2) is 58.6 Å². The van der Waals surface area contributed by atoms with Gasteiger partial charge in [-0.05, 0) is 13.0 Å². The highest BCUT2D eigenvalue weighted by Gasteiger charge is 2.31. The van der Waals surface area contributed by atoms with Gasteiger partial charge in [-0.25, -0.2) is 0 Å². The highest BCUT2D eigenvalue weighted by Crippen LogP contribution is 2.21. The first-order valence-corrected chi connectivity index (χ1v) is 7.77. The zero-order valence-electron chi connectivity index (χ0n) is 14.4. The van der Waals surface area contributed by atoms with Gasteiger partial charge in [-0.1, -0.05) is 30.3 Å². The molecule has 2 N–H and O–H groups in total. The van der Waals surface area contributed by atoms with Crippen LogP contribution in [0.25, 0.3) is 0 Å². The molecule has 1 amide bonds. The molecule has 0 unspecified atom stereocenters. The molecule has 0 fully saturated rings. The van der Waals surface area contributed by atoms with Gasteiger partial charge in [0.1, 0.15) is 29.2 Å². The fraction of sp³-hybridized carbons (Fsp3) is 0.278. The summed E-state index contributed by atoms with van der Waals surface area (Å²) in [4.78, 5) is 18.6. The molecule has 0 bridgehead atoms. The monoisotopic (exact) mass is 340 g/mol. The van der Waals surface area contributed by atoms with Crippen molar-refractivity contribution < 1.29 is 14.6 Å². The number of hydrogen-bond donors (Lipinski definition) is 2. The van der Waals surface area contributed by atoms with Gasteiger partial charge in [-0.3, -0.25) is 9.79 Å². The van der Waals surface area contributed by atoms with Crippen molar-refractivity contribution in [3.63, 3.8) is 0 Å². The number of rotatable bonds is 5. The van der Waals surface area contributed by atoms with Gasteiger partial charge in [0, 0.05) is 19.7 Å². The maximum absolute atomic E-state index is 12.5. The van der Waals surface area contributed by atoms with E-state index in [9.17, 15) is 15.2 Å². The summed E-state index contributed by atoms with van der Waals surface area (Å²) in [7, 11) is 3.43. The number of amides is 1. The van der Waals surface area contributed by atoms with E-state index in [0.29, 0.717) is 11.5 Å². The quantitative estimate of drug-likeness (QED) is 0.483. The molecular weight excluding hydrogens is 320 g/mol. The van der Waals surface area contributed by atoms with Crippen molar-refractivity contribution in [2.45, 2.75) is 13.0 Å². The summed E-state index contributed by atoms with van der Waals surface area (Å²) in [6.07, 6.45) is 1.52. The van der Waals surface area contributed by atoms with E-state index in [1.165, 1.54) is 6.08 Å². The molecule has 1 aliphatic rings. The predicted octanol–water partition coefficient (Wildman–Crippen LogP) is 1.71. The molecule has 0 aromatic heterocycles. The third-order valence-electron chi connectivity index (χ3n) is 3.51. The van der Waals surface area contributed by atoms with Gasteiger partial charge in [0.05, 0.1) is 6.61 Å². The molecule has 1 atom stereocenters. The van der Waals surface area contributed by atoms with Gasteiger partial charge in [-0.2, -0.15) is 5.26 Å². The number of aliphatic hydroxyl groups is 1. The number of aliphatic imine (C=N–C) groups is 1. The van der Waals surface area contributed by atoms with Crippen LogP contribution in [0.3, 0.4) is 0 Å². The lowest BCUT2D eigenvalue weighted by Crippen LogP contribution is -2.41. The second-order valence-electron chi connectivity index (χ2n) is 5.45. The Kier molecular flexibility index (Phi) is 5.79. The van der Waals surface area contributed by atoms with E-state index in [4.69, 9.17) is 4.74 Å².